The number of benzene rings is 7. The zero-order valence-electron chi connectivity index (χ0n) is 33.5. The summed E-state index contributed by atoms with van der Waals surface area (Å²) < 4.78 is 85.4. The summed E-state index contributed by atoms with van der Waals surface area (Å²) in [4.78, 5) is 7.83. The quantitative estimate of drug-likeness (QED) is 0.190. The Bertz CT molecular complexity index is 3100. The molecule has 0 atom stereocenters. The van der Waals surface area contributed by atoms with E-state index in [0.29, 0.717) is 22.5 Å². The Morgan fingerprint density at radius 3 is 2.23 bits per heavy atom. The maximum absolute atomic E-state index is 9.46. The van der Waals surface area contributed by atoms with Crippen molar-refractivity contribution in [3.05, 3.63) is 158 Å². The van der Waals surface area contributed by atoms with Crippen molar-refractivity contribution in [3.63, 3.8) is 0 Å². The van der Waals surface area contributed by atoms with Gasteiger partial charge in [-0.15, -0.1) is 11.3 Å². The smallest absolute Gasteiger partial charge is 0.137 e. The van der Waals surface area contributed by atoms with Crippen LogP contribution in [0.4, 0.5) is 17.1 Å². The predicted octanol–water partition coefficient (Wildman–Crippen LogP) is 12.6. The van der Waals surface area contributed by atoms with E-state index >= 15 is 0 Å². The van der Waals surface area contributed by atoms with Crippen LogP contribution in [0.25, 0.3) is 76.1 Å². The van der Waals surface area contributed by atoms with E-state index in [-0.39, 0.29) is 11.3 Å². The zero-order chi connectivity index (χ0) is 38.7. The van der Waals surface area contributed by atoms with Crippen LogP contribution in [0, 0.1) is 0 Å². The summed E-state index contributed by atoms with van der Waals surface area (Å²) in [5.41, 5.74) is 5.15. The number of furan rings is 1. The minimum absolute atomic E-state index is 0.0873. The molecule has 0 N–H and O–H groups in total. The summed E-state index contributed by atoms with van der Waals surface area (Å²) in [6.07, 6.45) is 0. The molecule has 220 valence electrons. The van der Waals surface area contributed by atoms with Crippen molar-refractivity contribution < 1.29 is 16.8 Å². The number of hydrogen-bond acceptors (Lipinski definition) is 4. The van der Waals surface area contributed by atoms with Gasteiger partial charge in [-0.05, 0) is 64.3 Å². The molecule has 0 aliphatic heterocycles. The van der Waals surface area contributed by atoms with Gasteiger partial charge in [-0.25, -0.2) is 4.98 Å². The van der Waals surface area contributed by atoms with E-state index in [9.17, 15) is 5.48 Å². The van der Waals surface area contributed by atoms with Crippen LogP contribution in [-0.4, -0.2) is 4.98 Å². The molecule has 9 aromatic rings. The van der Waals surface area contributed by atoms with E-state index < -0.39 is 59.9 Å². The van der Waals surface area contributed by atoms with E-state index in [0.717, 1.165) is 53.8 Å². The van der Waals surface area contributed by atoms with Crippen LogP contribution in [0.15, 0.2) is 162 Å². The molecule has 2 heterocycles. The lowest BCUT2D eigenvalue weighted by molar-refractivity contribution is 0.669. The minimum atomic E-state index is -0.631. The van der Waals surface area contributed by atoms with Gasteiger partial charge in [0.15, 0.2) is 0 Å². The summed E-state index contributed by atoms with van der Waals surface area (Å²) in [6, 6.07) is 28.1. The van der Waals surface area contributed by atoms with E-state index in [4.69, 9.17) is 16.3 Å². The summed E-state index contributed by atoms with van der Waals surface area (Å²) in [5.74, 6) is 0. The van der Waals surface area contributed by atoms with Crippen molar-refractivity contribution in [3.8, 4) is 43.4 Å². The second kappa shape index (κ2) is 10.3. The average Bonchev–Trinajstić information content (AvgIpc) is 3.91. The molecule has 47 heavy (non-hydrogen) atoms. The number of nitrogens with zero attached hydrogens (tertiary/aromatic N) is 2. The molecule has 7 aromatic carbocycles. The van der Waals surface area contributed by atoms with Crippen LogP contribution in [0.5, 0.6) is 0 Å². The second-order valence-corrected chi connectivity index (χ2v) is 12.3. The molecule has 0 bridgehead atoms. The van der Waals surface area contributed by atoms with Gasteiger partial charge < -0.3 is 9.32 Å². The largest absolute Gasteiger partial charge is 0.456 e. The normalized spacial score (nSPS) is 14.5. The number of aromatic nitrogens is 1. The first-order chi connectivity index (χ1) is 27.0. The first-order valence-electron chi connectivity index (χ1n) is 19.6. The maximum atomic E-state index is 9.46. The molecule has 4 heteroatoms. The van der Waals surface area contributed by atoms with Gasteiger partial charge in [-0.2, -0.15) is 0 Å². The van der Waals surface area contributed by atoms with Gasteiger partial charge >= 0.3 is 0 Å². The average molecular weight is 628 g/mol. The first-order valence-corrected chi connectivity index (χ1v) is 15.9. The summed E-state index contributed by atoms with van der Waals surface area (Å²) in [6.45, 7) is 0. The molecule has 1 aliphatic carbocycles. The van der Waals surface area contributed by atoms with Crippen LogP contribution in [0.3, 0.4) is 0 Å². The number of thiazole rings is 1. The van der Waals surface area contributed by atoms with Crippen molar-refractivity contribution in [2.45, 2.75) is 0 Å². The Hall–Kier alpha value is -5.97. The van der Waals surface area contributed by atoms with Gasteiger partial charge in [0.1, 0.15) is 16.2 Å². The monoisotopic (exact) mass is 627 g/mol. The van der Waals surface area contributed by atoms with Gasteiger partial charge in [-0.1, -0.05) is 109 Å². The van der Waals surface area contributed by atoms with E-state index in [1.165, 1.54) is 0 Å². The number of rotatable bonds is 5. The summed E-state index contributed by atoms with van der Waals surface area (Å²) in [5, 5.41) is 4.57. The molecule has 3 nitrogen and oxygen atoms in total. The highest BCUT2D eigenvalue weighted by Gasteiger charge is 2.28. The van der Waals surface area contributed by atoms with Gasteiger partial charge in [0.2, 0.25) is 0 Å². The van der Waals surface area contributed by atoms with Gasteiger partial charge in [0.05, 0.1) is 22.9 Å². The zero-order valence-corrected chi connectivity index (χ0v) is 25.3. The fraction of sp³-hybridized carbons (Fsp3) is 0. The highest BCUT2D eigenvalue weighted by molar-refractivity contribution is 7.19. The number of para-hydroxylation sites is 1. The van der Waals surface area contributed by atoms with Crippen molar-refractivity contribution in [2.24, 2.45) is 0 Å². The Morgan fingerprint density at radius 1 is 0.574 bits per heavy atom. The van der Waals surface area contributed by atoms with Crippen LogP contribution >= 0.6 is 11.3 Å². The van der Waals surface area contributed by atoms with Crippen molar-refractivity contribution in [2.75, 3.05) is 4.90 Å². The molecule has 1 aliphatic rings. The molecule has 0 fully saturated rings. The highest BCUT2D eigenvalue weighted by atomic mass is 32.1. The third-order valence-corrected chi connectivity index (χ3v) is 9.71. The number of anilines is 3. The molecular formula is C43H26N2OS. The Kier molecular flexibility index (Phi) is 4.13. The van der Waals surface area contributed by atoms with Crippen LogP contribution in [0.2, 0.25) is 0 Å². The second-order valence-electron chi connectivity index (χ2n) is 11.3. The highest BCUT2D eigenvalue weighted by Crippen LogP contribution is 2.53. The predicted molar refractivity (Wildman–Crippen MR) is 197 cm³/mol. The van der Waals surface area contributed by atoms with Crippen molar-refractivity contribution in [1.29, 1.82) is 0 Å². The SMILES string of the molecule is [2H]c1c([2H])c([2H])c(-c2c([2H])c([2H])c(N(c3cc4c5c(cccc5c3)-c3sc(-c5ccccc5)nc3-4)c3ccc4c(c3)oc3ccccc34)c([2H])c2[2H])c([2H])c1[2H]. The molecule has 0 amide bonds. The lowest BCUT2D eigenvalue weighted by Crippen LogP contribution is -2.10. The van der Waals surface area contributed by atoms with Crippen molar-refractivity contribution in [1.82, 2.24) is 4.98 Å². The fourth-order valence-corrected chi connectivity index (χ4v) is 7.60. The lowest BCUT2D eigenvalue weighted by atomic mass is 10.0. The lowest BCUT2D eigenvalue weighted by Gasteiger charge is -2.26. The van der Waals surface area contributed by atoms with Crippen LogP contribution < -0.4 is 4.90 Å². The summed E-state index contributed by atoms with van der Waals surface area (Å²) >= 11 is 1.61. The Labute approximate surface area is 288 Å². The number of hydrogen-bond donors (Lipinski definition) is 0. The summed E-state index contributed by atoms with van der Waals surface area (Å²) in [7, 11) is 0. The van der Waals surface area contributed by atoms with Gasteiger partial charge in [0, 0.05) is 50.6 Å². The molecule has 0 radical (unpaired) electrons. The molecular weight excluding hydrogens is 593 g/mol. The van der Waals surface area contributed by atoms with E-state index in [1.54, 1.807) is 16.2 Å². The minimum Gasteiger partial charge on any atom is -0.456 e. The fourth-order valence-electron chi connectivity index (χ4n) is 6.49. The molecule has 0 unspecified atom stereocenters. The van der Waals surface area contributed by atoms with Gasteiger partial charge in [0.25, 0.3) is 0 Å². The van der Waals surface area contributed by atoms with Crippen LogP contribution in [0.1, 0.15) is 12.3 Å². The Balaban J connectivity index is 1.25. The molecule has 10 rings (SSSR count). The van der Waals surface area contributed by atoms with Crippen LogP contribution in [-0.2, 0) is 0 Å². The molecule has 2 aromatic heterocycles. The van der Waals surface area contributed by atoms with E-state index in [2.05, 4.69) is 6.07 Å². The molecule has 0 spiro atoms. The molecule has 0 saturated heterocycles. The third-order valence-electron chi connectivity index (χ3n) is 8.57. The van der Waals surface area contributed by atoms with Crippen molar-refractivity contribution >= 4 is 61.1 Å². The topological polar surface area (TPSA) is 29.3 Å². The number of fused-ring (bicyclic) bond motifs is 6. The first kappa shape index (κ1) is 18.9. The molecule has 0 saturated carbocycles. The van der Waals surface area contributed by atoms with E-state index in [1.807, 2.05) is 97.1 Å². The van der Waals surface area contributed by atoms with Gasteiger partial charge in [-0.3, -0.25) is 0 Å². The Morgan fingerprint density at radius 2 is 1.36 bits per heavy atom. The third kappa shape index (κ3) is 4.16. The standard InChI is InChI=1S/C43H26N2OS/c1-3-10-27(11-4-1)28-18-20-31(21-19-28)45(32-22-23-35-34-15-7-8-17-38(34)46-39(35)26-32)33-24-30-14-9-16-36-40(30)37(25-33)41-42(36)47-43(44-41)29-12-5-2-6-13-29/h1-26H/i1D,3D,4D,10D,11D,18D,19D,20D,21D. The maximum Gasteiger partial charge on any atom is 0.137 e.